The molecule has 1 atom stereocenters. The summed E-state index contributed by atoms with van der Waals surface area (Å²) in [7, 11) is 0. The van der Waals surface area contributed by atoms with E-state index in [0.717, 1.165) is 35.6 Å². The van der Waals surface area contributed by atoms with Crippen molar-refractivity contribution in [1.82, 2.24) is 5.32 Å². The van der Waals surface area contributed by atoms with Crippen LogP contribution in [-0.2, 0) is 0 Å². The zero-order valence-corrected chi connectivity index (χ0v) is 13.6. The van der Waals surface area contributed by atoms with Crippen molar-refractivity contribution in [2.45, 2.75) is 33.2 Å². The molecule has 1 unspecified atom stereocenters. The third kappa shape index (κ3) is 4.23. The minimum atomic E-state index is 0.251. The molecule has 0 heterocycles. The highest BCUT2D eigenvalue weighted by atomic mass is 35.5. The highest BCUT2D eigenvalue weighted by molar-refractivity contribution is 6.30. The third-order valence-electron chi connectivity index (χ3n) is 3.46. The number of ether oxygens (including phenoxy) is 1. The van der Waals surface area contributed by atoms with Crippen molar-refractivity contribution in [3.8, 4) is 11.5 Å². The largest absolute Gasteiger partial charge is 0.457 e. The Bertz CT molecular complexity index is 598. The minimum absolute atomic E-state index is 0.251. The van der Waals surface area contributed by atoms with E-state index in [-0.39, 0.29) is 6.04 Å². The normalized spacial score (nSPS) is 12.2. The zero-order chi connectivity index (χ0) is 15.2. The Hall–Kier alpha value is -1.51. The molecule has 0 amide bonds. The number of rotatable bonds is 6. The number of aryl methyl sites for hydroxylation is 1. The van der Waals surface area contributed by atoms with E-state index >= 15 is 0 Å². The van der Waals surface area contributed by atoms with Crippen LogP contribution in [0.4, 0.5) is 0 Å². The predicted molar refractivity (Wildman–Crippen MR) is 89.4 cm³/mol. The summed E-state index contributed by atoms with van der Waals surface area (Å²) >= 11 is 6.06. The van der Waals surface area contributed by atoms with Crippen LogP contribution in [0.5, 0.6) is 11.5 Å². The molecule has 0 bridgehead atoms. The van der Waals surface area contributed by atoms with E-state index < -0.39 is 0 Å². The lowest BCUT2D eigenvalue weighted by Crippen LogP contribution is -2.19. The van der Waals surface area contributed by atoms with Gasteiger partial charge >= 0.3 is 0 Å². The highest BCUT2D eigenvalue weighted by Crippen LogP contribution is 2.32. The lowest BCUT2D eigenvalue weighted by atomic mass is 10.1. The van der Waals surface area contributed by atoms with Gasteiger partial charge in [-0.15, -0.1) is 0 Å². The molecule has 2 aromatic carbocycles. The number of para-hydroxylation sites is 1. The number of benzene rings is 2. The van der Waals surface area contributed by atoms with Gasteiger partial charge in [0, 0.05) is 16.6 Å². The maximum atomic E-state index is 6.10. The maximum Gasteiger partial charge on any atom is 0.132 e. The van der Waals surface area contributed by atoms with Gasteiger partial charge in [0.15, 0.2) is 0 Å². The van der Waals surface area contributed by atoms with Crippen LogP contribution in [0.25, 0.3) is 0 Å². The Morgan fingerprint density at radius 1 is 1.14 bits per heavy atom. The van der Waals surface area contributed by atoms with Crippen LogP contribution < -0.4 is 10.1 Å². The Labute approximate surface area is 132 Å². The second-order valence-electron chi connectivity index (χ2n) is 5.23. The molecular weight excluding hydrogens is 282 g/mol. The van der Waals surface area contributed by atoms with Crippen LogP contribution in [-0.4, -0.2) is 6.54 Å². The highest BCUT2D eigenvalue weighted by Gasteiger charge is 2.12. The molecule has 0 fully saturated rings. The van der Waals surface area contributed by atoms with Gasteiger partial charge < -0.3 is 10.1 Å². The fraction of sp³-hybridized carbons (Fsp3) is 0.333. The maximum absolute atomic E-state index is 6.10. The molecular formula is C18H22ClNO. The number of hydrogen-bond donors (Lipinski definition) is 1. The molecule has 0 radical (unpaired) electrons. The van der Waals surface area contributed by atoms with E-state index in [0.29, 0.717) is 5.02 Å². The van der Waals surface area contributed by atoms with Crippen LogP contribution in [0.15, 0.2) is 42.5 Å². The molecule has 0 saturated heterocycles. The molecule has 0 saturated carbocycles. The smallest absolute Gasteiger partial charge is 0.132 e. The second-order valence-corrected chi connectivity index (χ2v) is 5.66. The summed E-state index contributed by atoms with van der Waals surface area (Å²) in [6.45, 7) is 7.33. The minimum Gasteiger partial charge on any atom is -0.457 e. The molecule has 0 aliphatic carbocycles. The van der Waals surface area contributed by atoms with Crippen molar-refractivity contribution >= 4 is 11.6 Å². The van der Waals surface area contributed by atoms with Crippen molar-refractivity contribution in [3.63, 3.8) is 0 Å². The lowest BCUT2D eigenvalue weighted by molar-refractivity contribution is 0.458. The summed E-state index contributed by atoms with van der Waals surface area (Å²) in [5.74, 6) is 1.68. The van der Waals surface area contributed by atoms with Crippen molar-refractivity contribution < 1.29 is 4.74 Å². The quantitative estimate of drug-likeness (QED) is 0.760. The Morgan fingerprint density at radius 3 is 2.67 bits per heavy atom. The van der Waals surface area contributed by atoms with Crippen LogP contribution in [0, 0.1) is 6.92 Å². The molecule has 2 rings (SSSR count). The van der Waals surface area contributed by atoms with E-state index in [1.165, 1.54) is 0 Å². The van der Waals surface area contributed by atoms with Gasteiger partial charge in [0.2, 0.25) is 0 Å². The summed E-state index contributed by atoms with van der Waals surface area (Å²) < 4.78 is 6.10. The Kier molecular flexibility index (Phi) is 5.66. The van der Waals surface area contributed by atoms with Crippen LogP contribution >= 0.6 is 11.6 Å². The van der Waals surface area contributed by atoms with E-state index in [9.17, 15) is 0 Å². The first kappa shape index (κ1) is 15.9. The second kappa shape index (κ2) is 7.48. The Morgan fingerprint density at radius 2 is 1.90 bits per heavy atom. The lowest BCUT2D eigenvalue weighted by Gasteiger charge is -2.18. The van der Waals surface area contributed by atoms with E-state index in [1.54, 1.807) is 0 Å². The summed E-state index contributed by atoms with van der Waals surface area (Å²) in [6.07, 6.45) is 1.11. The Balaban J connectivity index is 2.25. The van der Waals surface area contributed by atoms with Crippen molar-refractivity contribution in [2.24, 2.45) is 0 Å². The first-order valence-corrected chi connectivity index (χ1v) is 7.76. The van der Waals surface area contributed by atoms with Crippen LogP contribution in [0.2, 0.25) is 5.02 Å². The van der Waals surface area contributed by atoms with Gasteiger partial charge in [-0.1, -0.05) is 42.8 Å². The van der Waals surface area contributed by atoms with E-state index in [2.05, 4.69) is 25.2 Å². The standard InChI is InChI=1S/C18H22ClNO/c1-4-11-20-14(3)16-7-5-6-8-17(16)21-18-12-15(19)10-9-13(18)2/h5-10,12,14,20H,4,11H2,1-3H3. The third-order valence-corrected chi connectivity index (χ3v) is 3.69. The van der Waals surface area contributed by atoms with Crippen LogP contribution in [0.3, 0.4) is 0 Å². The van der Waals surface area contributed by atoms with Crippen molar-refractivity contribution in [3.05, 3.63) is 58.6 Å². The van der Waals surface area contributed by atoms with Gasteiger partial charge in [0.25, 0.3) is 0 Å². The molecule has 2 nitrogen and oxygen atoms in total. The van der Waals surface area contributed by atoms with Gasteiger partial charge in [0.1, 0.15) is 11.5 Å². The van der Waals surface area contributed by atoms with E-state index in [1.807, 2.05) is 43.3 Å². The molecule has 1 N–H and O–H groups in total. The molecule has 21 heavy (non-hydrogen) atoms. The van der Waals surface area contributed by atoms with Crippen molar-refractivity contribution in [1.29, 1.82) is 0 Å². The van der Waals surface area contributed by atoms with Gasteiger partial charge in [-0.25, -0.2) is 0 Å². The number of halogens is 1. The van der Waals surface area contributed by atoms with Crippen molar-refractivity contribution in [2.75, 3.05) is 6.54 Å². The monoisotopic (exact) mass is 303 g/mol. The van der Waals surface area contributed by atoms with Gasteiger partial charge in [0.05, 0.1) is 0 Å². The zero-order valence-electron chi connectivity index (χ0n) is 12.8. The molecule has 3 heteroatoms. The molecule has 2 aromatic rings. The molecule has 0 spiro atoms. The number of hydrogen-bond acceptors (Lipinski definition) is 2. The van der Waals surface area contributed by atoms with E-state index in [4.69, 9.17) is 16.3 Å². The average Bonchev–Trinajstić information content (AvgIpc) is 2.49. The molecule has 0 aliphatic rings. The first-order valence-electron chi connectivity index (χ1n) is 7.38. The molecule has 0 aromatic heterocycles. The SMILES string of the molecule is CCCNC(C)c1ccccc1Oc1cc(Cl)ccc1C. The summed E-state index contributed by atoms with van der Waals surface area (Å²) in [5.41, 5.74) is 2.23. The number of nitrogens with one attached hydrogen (secondary N) is 1. The summed E-state index contributed by atoms with van der Waals surface area (Å²) in [5, 5.41) is 4.18. The van der Waals surface area contributed by atoms with Gasteiger partial charge in [-0.3, -0.25) is 0 Å². The predicted octanol–water partition coefficient (Wildman–Crippen LogP) is 5.50. The summed E-state index contributed by atoms with van der Waals surface area (Å²) in [6, 6.07) is 14.1. The fourth-order valence-corrected chi connectivity index (χ4v) is 2.37. The average molecular weight is 304 g/mol. The topological polar surface area (TPSA) is 21.3 Å². The van der Waals surface area contributed by atoms with Gasteiger partial charge in [-0.05, 0) is 50.6 Å². The first-order chi connectivity index (χ1) is 10.1. The fourth-order valence-electron chi connectivity index (χ4n) is 2.20. The molecule has 0 aliphatic heterocycles. The van der Waals surface area contributed by atoms with Gasteiger partial charge in [-0.2, -0.15) is 0 Å². The molecule has 112 valence electrons. The summed E-state index contributed by atoms with van der Waals surface area (Å²) in [4.78, 5) is 0. The van der Waals surface area contributed by atoms with Crippen LogP contribution in [0.1, 0.15) is 37.4 Å².